The summed E-state index contributed by atoms with van der Waals surface area (Å²) in [5.74, 6) is -0.895. The molecule has 1 aliphatic carbocycles. The van der Waals surface area contributed by atoms with E-state index in [4.69, 9.17) is 16.3 Å². The summed E-state index contributed by atoms with van der Waals surface area (Å²) in [4.78, 5) is 8.06. The van der Waals surface area contributed by atoms with Crippen molar-refractivity contribution in [2.75, 3.05) is 12.4 Å². The Hall–Kier alpha value is -2.48. The van der Waals surface area contributed by atoms with Crippen LogP contribution in [0, 0.1) is 11.6 Å². The summed E-state index contributed by atoms with van der Waals surface area (Å²) in [6.07, 6.45) is 3.23. The number of fused-ring (bicyclic) bond motifs is 1. The Morgan fingerprint density at radius 3 is 2.58 bits per heavy atom. The number of rotatable bonds is 4. The van der Waals surface area contributed by atoms with Crippen molar-refractivity contribution in [3.05, 3.63) is 35.2 Å². The van der Waals surface area contributed by atoms with Gasteiger partial charge in [-0.25, -0.2) is 8.78 Å². The zero-order valence-electron chi connectivity index (χ0n) is 12.6. The van der Waals surface area contributed by atoms with E-state index >= 15 is 0 Å². The number of nitrogens with one attached hydrogen (secondary N) is 1. The van der Waals surface area contributed by atoms with Crippen LogP contribution in [0.4, 0.5) is 14.6 Å². The van der Waals surface area contributed by atoms with Crippen molar-refractivity contribution in [1.29, 1.82) is 0 Å². The van der Waals surface area contributed by atoms with Crippen LogP contribution in [0.15, 0.2) is 18.5 Å². The second-order valence-corrected chi connectivity index (χ2v) is 5.84. The lowest BCUT2D eigenvalue weighted by Gasteiger charge is -2.15. The highest BCUT2D eigenvalue weighted by Crippen LogP contribution is 2.40. The summed E-state index contributed by atoms with van der Waals surface area (Å²) in [7, 11) is 1.34. The van der Waals surface area contributed by atoms with Gasteiger partial charge in [-0.3, -0.25) is 0 Å². The molecule has 124 valence electrons. The van der Waals surface area contributed by atoms with E-state index in [-0.39, 0.29) is 33.8 Å². The van der Waals surface area contributed by atoms with E-state index in [9.17, 15) is 8.78 Å². The molecule has 1 fully saturated rings. The molecule has 0 bridgehead atoms. The van der Waals surface area contributed by atoms with E-state index in [0.717, 1.165) is 25.0 Å². The van der Waals surface area contributed by atoms with Crippen LogP contribution in [-0.2, 0) is 0 Å². The first kappa shape index (κ1) is 15.1. The minimum atomic E-state index is -0.797. The van der Waals surface area contributed by atoms with Gasteiger partial charge < -0.3 is 10.1 Å². The largest absolute Gasteiger partial charge is 0.497 e. The Morgan fingerprint density at radius 1 is 1.25 bits per heavy atom. The highest BCUT2D eigenvalue weighted by molar-refractivity contribution is 6.33. The molecule has 3 aromatic rings. The molecule has 0 aliphatic heterocycles. The molecule has 2 heterocycles. The second kappa shape index (κ2) is 5.55. The molecule has 1 saturated carbocycles. The van der Waals surface area contributed by atoms with Gasteiger partial charge >= 0.3 is 0 Å². The number of aromatic nitrogens is 4. The average molecular weight is 352 g/mol. The summed E-state index contributed by atoms with van der Waals surface area (Å²) < 4.78 is 35.4. The van der Waals surface area contributed by atoms with Crippen molar-refractivity contribution in [1.82, 2.24) is 19.6 Å². The highest BCUT2D eigenvalue weighted by atomic mass is 35.5. The molecule has 24 heavy (non-hydrogen) atoms. The van der Waals surface area contributed by atoms with Gasteiger partial charge in [0.1, 0.15) is 34.7 Å². The molecule has 1 aliphatic rings. The zero-order valence-corrected chi connectivity index (χ0v) is 13.3. The summed E-state index contributed by atoms with van der Waals surface area (Å²) in [5.41, 5.74) is -0.173. The fraction of sp³-hybridized carbons (Fsp3) is 0.267. The zero-order chi connectivity index (χ0) is 16.8. The first-order valence-corrected chi connectivity index (χ1v) is 7.65. The normalized spacial score (nSPS) is 14.2. The van der Waals surface area contributed by atoms with Gasteiger partial charge in [-0.2, -0.15) is 19.6 Å². The molecule has 1 N–H and O–H groups in total. The molecule has 1 aromatic carbocycles. The minimum absolute atomic E-state index is 0.0541. The number of benzene rings is 1. The van der Waals surface area contributed by atoms with Crippen molar-refractivity contribution in [2.24, 2.45) is 0 Å². The first-order chi connectivity index (χ1) is 11.6. The third-order valence-electron chi connectivity index (χ3n) is 3.80. The Labute approximate surface area is 140 Å². The van der Waals surface area contributed by atoms with Crippen molar-refractivity contribution in [2.45, 2.75) is 18.9 Å². The number of ether oxygens (including phenoxy) is 1. The van der Waals surface area contributed by atoms with Crippen LogP contribution in [0.1, 0.15) is 12.8 Å². The number of halogens is 3. The number of hydrogen-bond donors (Lipinski definition) is 1. The van der Waals surface area contributed by atoms with Crippen LogP contribution in [0.2, 0.25) is 5.15 Å². The van der Waals surface area contributed by atoms with E-state index < -0.39 is 11.6 Å². The predicted molar refractivity (Wildman–Crippen MR) is 84.3 cm³/mol. The molecule has 0 saturated heterocycles. The molecule has 0 radical (unpaired) electrons. The SMILES string of the molecule is COc1cc(F)c(-c2c(Cl)nc3ncnn3c2NC2CC2)c(F)c1. The van der Waals surface area contributed by atoms with Gasteiger partial charge in [0, 0.05) is 18.2 Å². The molecule has 0 atom stereocenters. The Balaban J connectivity index is 2.00. The van der Waals surface area contributed by atoms with Gasteiger partial charge in [0.25, 0.3) is 5.78 Å². The van der Waals surface area contributed by atoms with Crippen LogP contribution in [0.5, 0.6) is 5.75 Å². The molecule has 4 rings (SSSR count). The topological polar surface area (TPSA) is 64.3 Å². The van der Waals surface area contributed by atoms with Crippen molar-refractivity contribution >= 4 is 23.2 Å². The van der Waals surface area contributed by atoms with E-state index in [1.54, 1.807) is 0 Å². The van der Waals surface area contributed by atoms with Crippen LogP contribution in [-0.4, -0.2) is 32.7 Å². The third kappa shape index (κ3) is 2.43. The van der Waals surface area contributed by atoms with Crippen molar-refractivity contribution in [3.8, 4) is 16.9 Å². The molecular formula is C15H12ClF2N5O. The van der Waals surface area contributed by atoms with Gasteiger partial charge in [0.2, 0.25) is 0 Å². The standard InChI is InChI=1S/C15H12ClF2N5O/c1-24-8-4-9(17)11(10(18)5-8)12-13(16)22-15-19-6-20-23(15)14(12)21-7-2-3-7/h4-7,21H,2-3H2,1H3. The van der Waals surface area contributed by atoms with E-state index in [1.807, 2.05) is 0 Å². The number of nitrogens with zero attached hydrogens (tertiary/aromatic N) is 4. The molecular weight excluding hydrogens is 340 g/mol. The van der Waals surface area contributed by atoms with Crippen LogP contribution < -0.4 is 10.1 Å². The fourth-order valence-corrected chi connectivity index (χ4v) is 2.76. The van der Waals surface area contributed by atoms with E-state index in [2.05, 4.69) is 20.4 Å². The minimum Gasteiger partial charge on any atom is -0.497 e. The molecule has 2 aromatic heterocycles. The molecule has 0 unspecified atom stereocenters. The second-order valence-electron chi connectivity index (χ2n) is 5.48. The summed E-state index contributed by atoms with van der Waals surface area (Å²) in [5, 5.41) is 7.23. The summed E-state index contributed by atoms with van der Waals surface area (Å²) in [6, 6.07) is 2.40. The Bertz CT molecular complexity index is 918. The van der Waals surface area contributed by atoms with Crippen LogP contribution >= 0.6 is 11.6 Å². The fourth-order valence-electron chi connectivity index (χ4n) is 2.50. The maximum atomic E-state index is 14.5. The predicted octanol–water partition coefficient (Wildman–Crippen LogP) is 3.31. The van der Waals surface area contributed by atoms with E-state index in [1.165, 1.54) is 18.0 Å². The van der Waals surface area contributed by atoms with Gasteiger partial charge in [0.15, 0.2) is 0 Å². The third-order valence-corrected chi connectivity index (χ3v) is 4.08. The summed E-state index contributed by atoms with van der Waals surface area (Å²) >= 11 is 6.22. The Morgan fingerprint density at radius 2 is 1.96 bits per heavy atom. The lowest BCUT2D eigenvalue weighted by Crippen LogP contribution is -2.11. The molecule has 6 nitrogen and oxygen atoms in total. The maximum absolute atomic E-state index is 14.5. The van der Waals surface area contributed by atoms with E-state index in [0.29, 0.717) is 5.82 Å². The molecule has 0 amide bonds. The maximum Gasteiger partial charge on any atom is 0.255 e. The molecule has 9 heteroatoms. The molecule has 0 spiro atoms. The first-order valence-electron chi connectivity index (χ1n) is 7.27. The monoisotopic (exact) mass is 351 g/mol. The highest BCUT2D eigenvalue weighted by Gasteiger charge is 2.28. The van der Waals surface area contributed by atoms with Crippen molar-refractivity contribution in [3.63, 3.8) is 0 Å². The lowest BCUT2D eigenvalue weighted by atomic mass is 10.1. The number of hydrogen-bond acceptors (Lipinski definition) is 5. The Kier molecular flexibility index (Phi) is 3.49. The number of methoxy groups -OCH3 is 1. The van der Waals surface area contributed by atoms with Gasteiger partial charge in [-0.15, -0.1) is 0 Å². The number of anilines is 1. The summed E-state index contributed by atoms with van der Waals surface area (Å²) in [6.45, 7) is 0. The van der Waals surface area contributed by atoms with Crippen molar-refractivity contribution < 1.29 is 13.5 Å². The van der Waals surface area contributed by atoms with Gasteiger partial charge in [-0.1, -0.05) is 11.6 Å². The van der Waals surface area contributed by atoms with Gasteiger partial charge in [0.05, 0.1) is 18.2 Å². The average Bonchev–Trinajstić information content (AvgIpc) is 3.24. The smallest absolute Gasteiger partial charge is 0.255 e. The quantitative estimate of drug-likeness (QED) is 0.731. The van der Waals surface area contributed by atoms with Crippen LogP contribution in [0.3, 0.4) is 0 Å². The van der Waals surface area contributed by atoms with Crippen LogP contribution in [0.25, 0.3) is 16.9 Å². The van der Waals surface area contributed by atoms with Gasteiger partial charge in [-0.05, 0) is 12.8 Å². The lowest BCUT2D eigenvalue weighted by molar-refractivity contribution is 0.407.